The second kappa shape index (κ2) is 7.29. The number of benzene rings is 1. The molecule has 0 aromatic heterocycles. The van der Waals surface area contributed by atoms with Crippen LogP contribution in [0.25, 0.3) is 0 Å². The number of amides is 3. The van der Waals surface area contributed by atoms with Crippen molar-refractivity contribution in [1.29, 1.82) is 0 Å². The highest BCUT2D eigenvalue weighted by atomic mass is 19.1. The van der Waals surface area contributed by atoms with Gasteiger partial charge in [0.25, 0.3) is 0 Å². The number of carbonyl (C=O) groups excluding carboxylic acids is 3. The lowest BCUT2D eigenvalue weighted by molar-refractivity contribution is -0.133. The van der Waals surface area contributed by atoms with Crippen LogP contribution in [0.1, 0.15) is 38.7 Å². The highest BCUT2D eigenvalue weighted by molar-refractivity contribution is 6.05. The van der Waals surface area contributed by atoms with Gasteiger partial charge in [-0.1, -0.05) is 13.0 Å². The molecule has 7 heteroatoms. The SMILES string of the molecule is Cc1ccc(F)cc1N1CCN(C(=O)CCC2(C)CC(=O)NC2=O)C[C@@H]1C. The molecular weight excluding hydrogens is 349 g/mol. The maximum atomic E-state index is 13.6. The number of imide groups is 1. The summed E-state index contributed by atoms with van der Waals surface area (Å²) in [5.74, 6) is -0.840. The molecule has 2 fully saturated rings. The Hall–Kier alpha value is -2.44. The second-order valence-electron chi connectivity index (χ2n) is 7.93. The Morgan fingerprint density at radius 1 is 1.33 bits per heavy atom. The molecule has 3 rings (SSSR count). The minimum Gasteiger partial charge on any atom is -0.365 e. The third-order valence-corrected chi connectivity index (χ3v) is 5.70. The molecule has 2 atom stereocenters. The molecule has 2 heterocycles. The lowest BCUT2D eigenvalue weighted by Crippen LogP contribution is -2.54. The zero-order chi connectivity index (χ0) is 19.8. The Morgan fingerprint density at radius 3 is 2.70 bits per heavy atom. The summed E-state index contributed by atoms with van der Waals surface area (Å²) in [5.41, 5.74) is 1.08. The van der Waals surface area contributed by atoms with Gasteiger partial charge in [-0.05, 0) is 38.0 Å². The van der Waals surface area contributed by atoms with Gasteiger partial charge in [0.2, 0.25) is 17.7 Å². The summed E-state index contributed by atoms with van der Waals surface area (Å²) in [6, 6.07) is 4.83. The highest BCUT2D eigenvalue weighted by Gasteiger charge is 2.42. The normalized spacial score (nSPS) is 25.7. The predicted molar refractivity (Wildman–Crippen MR) is 99.6 cm³/mol. The van der Waals surface area contributed by atoms with Gasteiger partial charge in [-0.25, -0.2) is 4.39 Å². The number of aryl methyl sites for hydroxylation is 1. The summed E-state index contributed by atoms with van der Waals surface area (Å²) < 4.78 is 13.6. The van der Waals surface area contributed by atoms with Gasteiger partial charge in [-0.2, -0.15) is 0 Å². The molecule has 2 aliphatic heterocycles. The smallest absolute Gasteiger partial charge is 0.233 e. The van der Waals surface area contributed by atoms with E-state index in [9.17, 15) is 18.8 Å². The zero-order valence-corrected chi connectivity index (χ0v) is 16.0. The minimum atomic E-state index is -0.793. The van der Waals surface area contributed by atoms with E-state index >= 15 is 0 Å². The number of anilines is 1. The zero-order valence-electron chi connectivity index (χ0n) is 16.0. The predicted octanol–water partition coefficient (Wildman–Crippen LogP) is 2.00. The van der Waals surface area contributed by atoms with E-state index in [4.69, 9.17) is 0 Å². The second-order valence-corrected chi connectivity index (χ2v) is 7.93. The minimum absolute atomic E-state index is 0.00848. The summed E-state index contributed by atoms with van der Waals surface area (Å²) >= 11 is 0. The van der Waals surface area contributed by atoms with Crippen LogP contribution in [-0.2, 0) is 14.4 Å². The van der Waals surface area contributed by atoms with Crippen molar-refractivity contribution in [2.75, 3.05) is 24.5 Å². The van der Waals surface area contributed by atoms with E-state index < -0.39 is 5.41 Å². The van der Waals surface area contributed by atoms with Gasteiger partial charge in [0, 0.05) is 44.2 Å². The highest BCUT2D eigenvalue weighted by Crippen LogP contribution is 2.32. The van der Waals surface area contributed by atoms with Crippen molar-refractivity contribution < 1.29 is 18.8 Å². The molecule has 3 amide bonds. The van der Waals surface area contributed by atoms with E-state index in [2.05, 4.69) is 10.2 Å². The van der Waals surface area contributed by atoms with Gasteiger partial charge in [0.15, 0.2) is 0 Å². The van der Waals surface area contributed by atoms with Gasteiger partial charge < -0.3 is 9.80 Å². The van der Waals surface area contributed by atoms with Gasteiger partial charge >= 0.3 is 0 Å². The van der Waals surface area contributed by atoms with E-state index in [-0.39, 0.29) is 42.4 Å². The van der Waals surface area contributed by atoms with Crippen LogP contribution < -0.4 is 10.2 Å². The average Bonchev–Trinajstić information content (AvgIpc) is 2.87. The van der Waals surface area contributed by atoms with Crippen molar-refractivity contribution >= 4 is 23.4 Å². The lowest BCUT2D eigenvalue weighted by atomic mass is 9.83. The van der Waals surface area contributed by atoms with Crippen molar-refractivity contribution in [2.24, 2.45) is 5.41 Å². The number of piperazine rings is 1. The molecule has 1 N–H and O–H groups in total. The van der Waals surface area contributed by atoms with Crippen LogP contribution >= 0.6 is 0 Å². The number of halogens is 1. The molecule has 0 radical (unpaired) electrons. The maximum absolute atomic E-state index is 13.6. The van der Waals surface area contributed by atoms with Crippen LogP contribution in [0.3, 0.4) is 0 Å². The molecular formula is C20H26FN3O3. The van der Waals surface area contributed by atoms with Crippen molar-refractivity contribution in [2.45, 2.75) is 46.1 Å². The fraction of sp³-hybridized carbons (Fsp3) is 0.550. The monoisotopic (exact) mass is 375 g/mol. The van der Waals surface area contributed by atoms with Crippen molar-refractivity contribution in [3.8, 4) is 0 Å². The fourth-order valence-corrected chi connectivity index (χ4v) is 3.93. The summed E-state index contributed by atoms with van der Waals surface area (Å²) in [7, 11) is 0. The Morgan fingerprint density at radius 2 is 2.07 bits per heavy atom. The van der Waals surface area contributed by atoms with E-state index in [1.165, 1.54) is 6.07 Å². The molecule has 146 valence electrons. The molecule has 1 aromatic rings. The number of nitrogens with zero attached hydrogens (tertiary/aromatic N) is 2. The molecule has 0 spiro atoms. The van der Waals surface area contributed by atoms with Crippen LogP contribution in [0.15, 0.2) is 18.2 Å². The summed E-state index contributed by atoms with van der Waals surface area (Å²) in [4.78, 5) is 39.9. The van der Waals surface area contributed by atoms with Crippen molar-refractivity contribution in [3.05, 3.63) is 29.6 Å². The standard InChI is InChI=1S/C20H26FN3O3/c1-13-4-5-15(21)10-16(13)24-9-8-23(12-14(24)2)18(26)6-7-20(3)11-17(25)22-19(20)27/h4-5,10,14H,6-9,11-12H2,1-3H3,(H,22,25,27)/t14-,20?/m0/s1. The van der Waals surface area contributed by atoms with Crippen LogP contribution in [0, 0.1) is 18.2 Å². The van der Waals surface area contributed by atoms with Crippen molar-refractivity contribution in [3.63, 3.8) is 0 Å². The van der Waals surface area contributed by atoms with Gasteiger partial charge in [0.05, 0.1) is 5.41 Å². The molecule has 1 unspecified atom stereocenters. The molecule has 6 nitrogen and oxygen atoms in total. The first kappa shape index (κ1) is 19.3. The van der Waals surface area contributed by atoms with E-state index in [0.717, 1.165) is 11.3 Å². The molecule has 2 aliphatic rings. The first-order valence-corrected chi connectivity index (χ1v) is 9.34. The van der Waals surface area contributed by atoms with Crippen LogP contribution in [0.2, 0.25) is 0 Å². The summed E-state index contributed by atoms with van der Waals surface area (Å²) in [6.45, 7) is 7.45. The molecule has 27 heavy (non-hydrogen) atoms. The van der Waals surface area contributed by atoms with Crippen molar-refractivity contribution in [1.82, 2.24) is 10.2 Å². The van der Waals surface area contributed by atoms with E-state index in [1.807, 2.05) is 13.8 Å². The summed E-state index contributed by atoms with van der Waals surface area (Å²) in [5, 5.41) is 2.31. The Labute approximate surface area is 158 Å². The number of carbonyl (C=O) groups is 3. The van der Waals surface area contributed by atoms with Gasteiger partial charge in [-0.3, -0.25) is 19.7 Å². The van der Waals surface area contributed by atoms with Crippen LogP contribution in [0.4, 0.5) is 10.1 Å². The Balaban J connectivity index is 1.59. The van der Waals surface area contributed by atoms with Crippen LogP contribution in [-0.4, -0.2) is 48.3 Å². The number of hydrogen-bond acceptors (Lipinski definition) is 4. The van der Waals surface area contributed by atoms with Crippen LogP contribution in [0.5, 0.6) is 0 Å². The molecule has 0 aliphatic carbocycles. The summed E-state index contributed by atoms with van der Waals surface area (Å²) in [6.07, 6.45) is 0.742. The van der Waals surface area contributed by atoms with E-state index in [0.29, 0.717) is 26.1 Å². The fourth-order valence-electron chi connectivity index (χ4n) is 3.93. The number of rotatable bonds is 4. The Bertz CT molecular complexity index is 782. The lowest BCUT2D eigenvalue weighted by Gasteiger charge is -2.42. The number of nitrogens with one attached hydrogen (secondary N) is 1. The molecule has 1 aromatic carbocycles. The third kappa shape index (κ3) is 3.96. The maximum Gasteiger partial charge on any atom is 0.233 e. The van der Waals surface area contributed by atoms with E-state index in [1.54, 1.807) is 24.0 Å². The first-order valence-electron chi connectivity index (χ1n) is 9.34. The molecule has 0 saturated carbocycles. The Kier molecular flexibility index (Phi) is 5.22. The topological polar surface area (TPSA) is 69.7 Å². The quantitative estimate of drug-likeness (QED) is 0.818. The molecule has 2 saturated heterocycles. The average molecular weight is 375 g/mol. The first-order chi connectivity index (χ1) is 12.7. The van der Waals surface area contributed by atoms with Gasteiger partial charge in [0.1, 0.15) is 5.82 Å². The largest absolute Gasteiger partial charge is 0.365 e. The van der Waals surface area contributed by atoms with Gasteiger partial charge in [-0.15, -0.1) is 0 Å². The molecule has 0 bridgehead atoms. The third-order valence-electron chi connectivity index (χ3n) is 5.70. The number of hydrogen-bond donors (Lipinski definition) is 1.